The van der Waals surface area contributed by atoms with Crippen molar-refractivity contribution in [2.24, 2.45) is 10.7 Å². The average Bonchev–Trinajstić information content (AvgIpc) is 2.99. The average molecular weight is 360 g/mol. The lowest BCUT2D eigenvalue weighted by atomic mass is 10.1. The van der Waals surface area contributed by atoms with Gasteiger partial charge in [-0.25, -0.2) is 4.98 Å². The molecule has 0 saturated heterocycles. The maximum Gasteiger partial charge on any atom is 0.230 e. The Hall–Kier alpha value is -2.50. The number of aromatic nitrogens is 2. The van der Waals surface area contributed by atoms with Crippen LogP contribution in [0.4, 0.5) is 11.6 Å². The van der Waals surface area contributed by atoms with E-state index < -0.39 is 0 Å². The maximum absolute atomic E-state index is 5.97. The third-order valence-corrected chi connectivity index (χ3v) is 4.01. The standard InChI is InChI=1S/C17H15Cl2N5/c18-14-7-6-12(9-15(14)19)22-16(20)24-17-21-10-13(23-17)8-11-4-2-1-3-5-11/h1-7,9-10H,8H2,(H4,20,21,22,23,24). The summed E-state index contributed by atoms with van der Waals surface area (Å²) in [6.07, 6.45) is 2.50. The zero-order valence-electron chi connectivity index (χ0n) is 12.6. The number of guanidine groups is 1. The van der Waals surface area contributed by atoms with Gasteiger partial charge in [0.25, 0.3) is 0 Å². The molecule has 4 N–H and O–H groups in total. The smallest absolute Gasteiger partial charge is 0.230 e. The molecule has 0 aliphatic rings. The summed E-state index contributed by atoms with van der Waals surface area (Å²) >= 11 is 11.8. The first-order valence-corrected chi connectivity index (χ1v) is 8.00. The molecular formula is C17H15Cl2N5. The van der Waals surface area contributed by atoms with Crippen LogP contribution >= 0.6 is 23.2 Å². The van der Waals surface area contributed by atoms with E-state index in [-0.39, 0.29) is 5.96 Å². The molecule has 0 aliphatic carbocycles. The van der Waals surface area contributed by atoms with E-state index in [9.17, 15) is 0 Å². The van der Waals surface area contributed by atoms with Crippen LogP contribution in [-0.2, 0) is 6.42 Å². The molecule has 0 radical (unpaired) electrons. The van der Waals surface area contributed by atoms with E-state index >= 15 is 0 Å². The Morgan fingerprint density at radius 2 is 1.92 bits per heavy atom. The van der Waals surface area contributed by atoms with Gasteiger partial charge in [-0.2, -0.15) is 4.99 Å². The fourth-order valence-electron chi connectivity index (χ4n) is 2.17. The SMILES string of the molecule is NC(=Nc1ncc(Cc2ccccc2)[nH]1)Nc1ccc(Cl)c(Cl)c1. The number of nitrogens with zero attached hydrogens (tertiary/aromatic N) is 2. The molecule has 3 aromatic rings. The summed E-state index contributed by atoms with van der Waals surface area (Å²) < 4.78 is 0. The van der Waals surface area contributed by atoms with E-state index in [2.05, 4.69) is 32.4 Å². The van der Waals surface area contributed by atoms with Crippen molar-refractivity contribution in [1.29, 1.82) is 0 Å². The van der Waals surface area contributed by atoms with Crippen LogP contribution in [0.25, 0.3) is 0 Å². The second kappa shape index (κ2) is 7.38. The highest BCUT2D eigenvalue weighted by Crippen LogP contribution is 2.25. The molecule has 3 rings (SSSR count). The van der Waals surface area contributed by atoms with E-state index in [1.54, 1.807) is 24.4 Å². The van der Waals surface area contributed by atoms with E-state index in [1.807, 2.05) is 18.2 Å². The number of imidazole rings is 1. The first-order valence-electron chi connectivity index (χ1n) is 7.24. The molecule has 0 bridgehead atoms. The Balaban J connectivity index is 1.68. The maximum atomic E-state index is 5.97. The molecule has 1 heterocycles. The first-order chi connectivity index (χ1) is 11.6. The number of aromatic amines is 1. The van der Waals surface area contributed by atoms with Crippen molar-refractivity contribution in [2.45, 2.75) is 6.42 Å². The molecule has 5 nitrogen and oxygen atoms in total. The number of H-pyrrole nitrogens is 1. The number of nitrogens with one attached hydrogen (secondary N) is 2. The Morgan fingerprint density at radius 3 is 2.67 bits per heavy atom. The summed E-state index contributed by atoms with van der Waals surface area (Å²) in [6, 6.07) is 15.2. The third-order valence-electron chi connectivity index (χ3n) is 3.27. The highest BCUT2D eigenvalue weighted by Gasteiger charge is 2.04. The van der Waals surface area contributed by atoms with Gasteiger partial charge in [0.1, 0.15) is 0 Å². The van der Waals surface area contributed by atoms with Crippen molar-refractivity contribution in [3.05, 3.63) is 76.0 Å². The van der Waals surface area contributed by atoms with Gasteiger partial charge in [0.15, 0.2) is 0 Å². The van der Waals surface area contributed by atoms with Crippen molar-refractivity contribution in [2.75, 3.05) is 5.32 Å². The molecule has 0 amide bonds. The van der Waals surface area contributed by atoms with Crippen molar-refractivity contribution in [3.63, 3.8) is 0 Å². The van der Waals surface area contributed by atoms with Crippen LogP contribution < -0.4 is 11.1 Å². The Morgan fingerprint density at radius 1 is 1.12 bits per heavy atom. The minimum atomic E-state index is 0.203. The van der Waals surface area contributed by atoms with E-state index in [1.165, 1.54) is 5.56 Å². The lowest BCUT2D eigenvalue weighted by molar-refractivity contribution is 1.10. The van der Waals surface area contributed by atoms with Gasteiger partial charge in [-0.15, -0.1) is 0 Å². The molecule has 24 heavy (non-hydrogen) atoms. The summed E-state index contributed by atoms with van der Waals surface area (Å²) in [7, 11) is 0. The second-order valence-electron chi connectivity index (χ2n) is 5.15. The molecule has 0 spiro atoms. The fourth-order valence-corrected chi connectivity index (χ4v) is 2.47. The number of hydrogen-bond acceptors (Lipinski definition) is 2. The quantitative estimate of drug-likeness (QED) is 0.478. The molecule has 0 unspecified atom stereocenters. The van der Waals surface area contributed by atoms with Gasteiger partial charge in [0.2, 0.25) is 11.9 Å². The highest BCUT2D eigenvalue weighted by atomic mass is 35.5. The Kier molecular flexibility index (Phi) is 5.03. The molecule has 0 atom stereocenters. The molecule has 0 aliphatic heterocycles. The minimum absolute atomic E-state index is 0.203. The van der Waals surface area contributed by atoms with Crippen molar-refractivity contribution < 1.29 is 0 Å². The summed E-state index contributed by atoms with van der Waals surface area (Å²) in [5, 5.41) is 3.87. The van der Waals surface area contributed by atoms with Gasteiger partial charge in [0, 0.05) is 17.8 Å². The first kappa shape index (κ1) is 16.4. The molecule has 7 heteroatoms. The van der Waals surface area contributed by atoms with E-state index in [4.69, 9.17) is 28.9 Å². The molecule has 0 saturated carbocycles. The van der Waals surface area contributed by atoms with Gasteiger partial charge >= 0.3 is 0 Å². The lowest BCUT2D eigenvalue weighted by Gasteiger charge is -2.05. The number of rotatable bonds is 4. The third kappa shape index (κ3) is 4.28. The van der Waals surface area contributed by atoms with E-state index in [0.29, 0.717) is 21.7 Å². The monoisotopic (exact) mass is 359 g/mol. The van der Waals surface area contributed by atoms with E-state index in [0.717, 1.165) is 12.1 Å². The summed E-state index contributed by atoms with van der Waals surface area (Å²) in [6.45, 7) is 0. The number of benzene rings is 2. The second-order valence-corrected chi connectivity index (χ2v) is 5.96. The molecule has 2 aromatic carbocycles. The number of nitrogens with two attached hydrogens (primary N) is 1. The Bertz CT molecular complexity index is 858. The van der Waals surface area contributed by atoms with Crippen molar-refractivity contribution >= 4 is 40.8 Å². The number of hydrogen-bond donors (Lipinski definition) is 3. The van der Waals surface area contributed by atoms with Crippen LogP contribution in [0.15, 0.2) is 59.7 Å². The topological polar surface area (TPSA) is 79.1 Å². The Labute approximate surface area is 149 Å². The zero-order valence-corrected chi connectivity index (χ0v) is 14.1. The zero-order chi connectivity index (χ0) is 16.9. The fraction of sp³-hybridized carbons (Fsp3) is 0.0588. The predicted octanol–water partition coefficient (Wildman–Crippen LogP) is 4.37. The predicted molar refractivity (Wildman–Crippen MR) is 99.2 cm³/mol. The van der Waals surface area contributed by atoms with Crippen LogP contribution in [0, 0.1) is 0 Å². The summed E-state index contributed by atoms with van der Waals surface area (Å²) in [5.74, 6) is 0.639. The lowest BCUT2D eigenvalue weighted by Crippen LogP contribution is -2.22. The van der Waals surface area contributed by atoms with Crippen molar-refractivity contribution in [3.8, 4) is 0 Å². The largest absolute Gasteiger partial charge is 0.369 e. The van der Waals surface area contributed by atoms with Gasteiger partial charge in [-0.3, -0.25) is 0 Å². The molecule has 1 aromatic heterocycles. The molecule has 0 fully saturated rings. The van der Waals surface area contributed by atoms with Crippen LogP contribution in [0.2, 0.25) is 10.0 Å². The van der Waals surface area contributed by atoms with Crippen LogP contribution in [0.1, 0.15) is 11.3 Å². The molecule has 122 valence electrons. The number of halogens is 2. The van der Waals surface area contributed by atoms with Crippen molar-refractivity contribution in [1.82, 2.24) is 9.97 Å². The van der Waals surface area contributed by atoms with Gasteiger partial charge in [-0.1, -0.05) is 53.5 Å². The van der Waals surface area contributed by atoms with Gasteiger partial charge < -0.3 is 16.0 Å². The summed E-state index contributed by atoms with van der Waals surface area (Å²) in [4.78, 5) is 11.6. The van der Waals surface area contributed by atoms with Crippen LogP contribution in [0.3, 0.4) is 0 Å². The van der Waals surface area contributed by atoms with Crippen LogP contribution in [-0.4, -0.2) is 15.9 Å². The summed E-state index contributed by atoms with van der Waals surface area (Å²) in [5.41, 5.74) is 8.74. The van der Waals surface area contributed by atoms with Gasteiger partial charge in [-0.05, 0) is 23.8 Å². The molecular weight excluding hydrogens is 345 g/mol. The highest BCUT2D eigenvalue weighted by molar-refractivity contribution is 6.42. The van der Waals surface area contributed by atoms with Gasteiger partial charge in [0.05, 0.1) is 16.2 Å². The van der Waals surface area contributed by atoms with Crippen LogP contribution in [0.5, 0.6) is 0 Å². The normalized spacial score (nSPS) is 11.5. The minimum Gasteiger partial charge on any atom is -0.369 e. The number of aliphatic imine (C=N–C) groups is 1. The number of anilines is 1.